The second-order valence-corrected chi connectivity index (χ2v) is 2.83. The van der Waals surface area contributed by atoms with Gasteiger partial charge in [0.1, 0.15) is 0 Å². The third-order valence-corrected chi connectivity index (χ3v) is 1.69. The van der Waals surface area contributed by atoms with E-state index < -0.39 is 0 Å². The number of carbonyl (C=O) groups is 1. The summed E-state index contributed by atoms with van der Waals surface area (Å²) in [5.41, 5.74) is 1.22. The first-order valence-corrected chi connectivity index (χ1v) is 4.91. The van der Waals surface area contributed by atoms with Crippen LogP contribution in [0, 0.1) is 0 Å². The minimum Gasteiger partial charge on any atom is -0.483 e. The molecule has 0 spiro atoms. The zero-order chi connectivity index (χ0) is 12.1. The zero-order valence-electron chi connectivity index (χ0n) is 9.34. The fraction of sp³-hybridized carbons (Fsp3) is 0.154. The van der Waals surface area contributed by atoms with Crippen LogP contribution in [0.5, 0.6) is 0 Å². The minimum absolute atomic E-state index is 0. The molecule has 0 aliphatic heterocycles. The van der Waals surface area contributed by atoms with Gasteiger partial charge >= 0.3 is 17.1 Å². The first-order valence-electron chi connectivity index (χ1n) is 4.91. The molecule has 0 aliphatic rings. The Morgan fingerprint density at radius 3 is 1.88 bits per heavy atom. The summed E-state index contributed by atoms with van der Waals surface area (Å²) in [5.74, 6) is 0. The molecule has 0 aliphatic carbocycles. The fourth-order valence-corrected chi connectivity index (χ4v) is 1.03. The van der Waals surface area contributed by atoms with Crippen LogP contribution in [0.4, 0.5) is 0 Å². The van der Waals surface area contributed by atoms with Gasteiger partial charge in [-0.15, -0.1) is 0 Å². The molecule has 0 aromatic heterocycles. The van der Waals surface area contributed by atoms with E-state index in [1.807, 2.05) is 54.6 Å². The van der Waals surface area contributed by atoms with Crippen LogP contribution in [0.25, 0.3) is 0 Å². The number of hydrogen-bond acceptors (Lipinski definition) is 2. The van der Waals surface area contributed by atoms with Gasteiger partial charge < -0.3 is 10.2 Å². The van der Waals surface area contributed by atoms with Gasteiger partial charge in [0.05, 0.1) is 0 Å². The van der Waals surface area contributed by atoms with Crippen LogP contribution in [-0.4, -0.2) is 23.3 Å². The van der Waals surface area contributed by atoms with Gasteiger partial charge in [0, 0.05) is 6.61 Å². The Balaban J connectivity index is 0. The van der Waals surface area contributed by atoms with Crippen LogP contribution >= 0.6 is 0 Å². The smallest absolute Gasteiger partial charge is 0.483 e. The maximum absolute atomic E-state index is 8.44. The molecular formula is C13H16FeO3. The van der Waals surface area contributed by atoms with E-state index in [-0.39, 0.29) is 30.1 Å². The van der Waals surface area contributed by atoms with Gasteiger partial charge in [0.15, 0.2) is 0 Å². The van der Waals surface area contributed by atoms with E-state index in [1.165, 1.54) is 5.56 Å². The van der Waals surface area contributed by atoms with Crippen molar-refractivity contribution in [3.8, 4) is 0 Å². The van der Waals surface area contributed by atoms with Gasteiger partial charge in [-0.2, -0.15) is 35.9 Å². The third kappa shape index (κ3) is 12.6. The standard InChI is InChI=1S/C7H9O.C5H5.CH2O2.Fe/c8-6-5-7-3-1-2-4-7;1-2-4-5-3-1;2-1-3;/h1-4,8H,5-6H2;1-5H;1H,(H,2,3);/q2*-1;;+2. The number of aliphatic hydroxyl groups is 1. The Morgan fingerprint density at radius 1 is 1.12 bits per heavy atom. The molecule has 2 rings (SSSR count). The summed E-state index contributed by atoms with van der Waals surface area (Å²) >= 11 is 0. The molecule has 2 N–H and O–H groups in total. The number of carboxylic acid groups (broad SMARTS) is 1. The van der Waals surface area contributed by atoms with Crippen molar-refractivity contribution in [2.45, 2.75) is 6.42 Å². The van der Waals surface area contributed by atoms with Gasteiger partial charge in [-0.05, 0) is 0 Å². The summed E-state index contributed by atoms with van der Waals surface area (Å²) in [5, 5.41) is 15.3. The summed E-state index contributed by atoms with van der Waals surface area (Å²) < 4.78 is 0. The minimum atomic E-state index is -0.250. The first kappa shape index (κ1) is 18.0. The van der Waals surface area contributed by atoms with Crippen molar-refractivity contribution in [1.29, 1.82) is 0 Å². The maximum atomic E-state index is 8.44. The molecule has 3 nitrogen and oxygen atoms in total. The number of rotatable bonds is 2. The van der Waals surface area contributed by atoms with Crippen LogP contribution in [0.3, 0.4) is 0 Å². The second kappa shape index (κ2) is 14.6. The quantitative estimate of drug-likeness (QED) is 0.501. The average molecular weight is 276 g/mol. The van der Waals surface area contributed by atoms with Gasteiger partial charge in [-0.1, -0.05) is 6.42 Å². The van der Waals surface area contributed by atoms with E-state index in [9.17, 15) is 0 Å². The molecule has 2 aromatic carbocycles. The first-order chi connectivity index (χ1) is 7.85. The molecule has 0 saturated carbocycles. The summed E-state index contributed by atoms with van der Waals surface area (Å²) in [6.07, 6.45) is 0.785. The van der Waals surface area contributed by atoms with Gasteiger partial charge in [0.25, 0.3) is 6.47 Å². The average Bonchev–Trinajstić information content (AvgIpc) is 2.95. The molecule has 2 aromatic rings. The van der Waals surface area contributed by atoms with Gasteiger partial charge in [-0.25, -0.2) is 24.3 Å². The number of aliphatic hydroxyl groups excluding tert-OH is 1. The Hall–Kier alpha value is -1.35. The monoisotopic (exact) mass is 276 g/mol. The van der Waals surface area contributed by atoms with Crippen molar-refractivity contribution < 1.29 is 32.1 Å². The molecule has 4 heteroatoms. The Kier molecular flexibility index (Phi) is 15.5. The van der Waals surface area contributed by atoms with Crippen LogP contribution in [0.2, 0.25) is 0 Å². The Labute approximate surface area is 112 Å². The topological polar surface area (TPSA) is 57.5 Å². The predicted molar refractivity (Wildman–Crippen MR) is 63.6 cm³/mol. The van der Waals surface area contributed by atoms with E-state index in [1.54, 1.807) is 0 Å². The van der Waals surface area contributed by atoms with Crippen LogP contribution in [0.15, 0.2) is 54.6 Å². The Bertz CT molecular complexity index is 297. The molecule has 0 unspecified atom stereocenters. The molecule has 0 saturated heterocycles. The maximum Gasteiger partial charge on any atom is 2.00 e. The summed E-state index contributed by atoms with van der Waals surface area (Å²) in [6.45, 7) is 0.00398. The molecule has 0 amide bonds. The van der Waals surface area contributed by atoms with Crippen LogP contribution < -0.4 is 0 Å². The summed E-state index contributed by atoms with van der Waals surface area (Å²) in [7, 11) is 0. The molecule has 0 fully saturated rings. The van der Waals surface area contributed by atoms with Gasteiger partial charge in [-0.3, -0.25) is 4.79 Å². The molecule has 94 valence electrons. The second-order valence-electron chi connectivity index (χ2n) is 2.83. The van der Waals surface area contributed by atoms with Crippen LogP contribution in [0.1, 0.15) is 5.56 Å². The molecule has 0 radical (unpaired) electrons. The van der Waals surface area contributed by atoms with Crippen molar-refractivity contribution in [3.63, 3.8) is 0 Å². The van der Waals surface area contributed by atoms with Crippen molar-refractivity contribution in [1.82, 2.24) is 0 Å². The molecule has 0 atom stereocenters. The predicted octanol–water partition coefficient (Wildman–Crippen LogP) is 2.04. The van der Waals surface area contributed by atoms with E-state index in [4.69, 9.17) is 15.0 Å². The van der Waals surface area contributed by atoms with E-state index in [2.05, 4.69) is 0 Å². The fourth-order valence-electron chi connectivity index (χ4n) is 1.03. The van der Waals surface area contributed by atoms with Crippen molar-refractivity contribution >= 4 is 6.47 Å². The SMILES string of the molecule is O=CO.OCC[c-]1cccc1.[Fe+2].c1cc[cH-]c1. The molecule has 17 heavy (non-hydrogen) atoms. The van der Waals surface area contributed by atoms with E-state index in [0.29, 0.717) is 0 Å². The third-order valence-electron chi connectivity index (χ3n) is 1.69. The van der Waals surface area contributed by atoms with Crippen molar-refractivity contribution in [3.05, 3.63) is 60.2 Å². The van der Waals surface area contributed by atoms with E-state index >= 15 is 0 Å². The van der Waals surface area contributed by atoms with Crippen molar-refractivity contribution in [2.75, 3.05) is 6.61 Å². The summed E-state index contributed by atoms with van der Waals surface area (Å²) in [6, 6.07) is 18.0. The van der Waals surface area contributed by atoms with Gasteiger partial charge in [0.2, 0.25) is 0 Å². The molecule has 0 bridgehead atoms. The van der Waals surface area contributed by atoms with Crippen molar-refractivity contribution in [2.24, 2.45) is 0 Å². The van der Waals surface area contributed by atoms with Crippen LogP contribution in [-0.2, 0) is 28.3 Å². The Morgan fingerprint density at radius 2 is 1.59 bits per heavy atom. The zero-order valence-corrected chi connectivity index (χ0v) is 10.4. The number of hydrogen-bond donors (Lipinski definition) is 2. The normalized spacial score (nSPS) is 7.59. The molecule has 0 heterocycles. The van der Waals surface area contributed by atoms with E-state index in [0.717, 1.165) is 6.42 Å². The summed E-state index contributed by atoms with van der Waals surface area (Å²) in [4.78, 5) is 8.36. The molecular weight excluding hydrogens is 260 g/mol. The largest absolute Gasteiger partial charge is 2.00 e.